The van der Waals surface area contributed by atoms with Crippen LogP contribution in [0.3, 0.4) is 0 Å². The number of halogens is 17. The number of rotatable bonds is 7. The molecule has 27 heteroatoms. The van der Waals surface area contributed by atoms with Gasteiger partial charge in [-0.3, -0.25) is 4.79 Å². The van der Waals surface area contributed by atoms with Gasteiger partial charge < -0.3 is 24.6 Å². The van der Waals surface area contributed by atoms with Gasteiger partial charge in [-0.05, 0) is 222 Å². The molecule has 0 unspecified atom stereocenters. The van der Waals surface area contributed by atoms with Crippen molar-refractivity contribution in [2.75, 3.05) is 0 Å². The number of aliphatic hydroxyl groups is 1. The van der Waals surface area contributed by atoms with Crippen LogP contribution in [0.1, 0.15) is 45.0 Å². The molecule has 466 valence electrons. The number of benzene rings is 7. The molecule has 9 nitrogen and oxygen atoms in total. The van der Waals surface area contributed by atoms with Gasteiger partial charge in [-0.2, -0.15) is 39.5 Å². The third kappa shape index (κ3) is 12.5. The smallest absolute Gasteiger partial charge is 0.871 e. The molecule has 0 fully saturated rings. The minimum absolute atomic E-state index is 0. The molecular formula is C67H29Cl4F9I4N5NaO4. The Morgan fingerprint density at radius 1 is 0.489 bits per heavy atom. The average Bonchev–Trinajstić information content (AvgIpc) is 0.871. The number of aromatic amines is 2. The van der Waals surface area contributed by atoms with Crippen molar-refractivity contribution in [2.45, 2.75) is 18.5 Å². The summed E-state index contributed by atoms with van der Waals surface area (Å²) in [7, 11) is 0. The average molecular weight is 1810 g/mol. The first-order chi connectivity index (χ1) is 44.0. The van der Waals surface area contributed by atoms with Crippen LogP contribution in [0.2, 0.25) is 20.1 Å². The van der Waals surface area contributed by atoms with E-state index in [0.717, 1.165) is 36.4 Å². The van der Waals surface area contributed by atoms with E-state index in [1.165, 1.54) is 36.4 Å². The van der Waals surface area contributed by atoms with Crippen LogP contribution in [0.25, 0.3) is 124 Å². The van der Waals surface area contributed by atoms with Crippen molar-refractivity contribution >= 4 is 206 Å². The molecule has 9 aromatic rings. The second-order valence-electron chi connectivity index (χ2n) is 20.9. The molecule has 3 aromatic heterocycles. The van der Waals surface area contributed by atoms with Gasteiger partial charge in [0.1, 0.15) is 9.15 Å². The quantitative estimate of drug-likeness (QED) is 0.0212. The van der Waals surface area contributed by atoms with E-state index in [9.17, 15) is 54.5 Å². The van der Waals surface area contributed by atoms with Gasteiger partial charge in [-0.15, -0.1) is 0 Å². The molecule has 3 aliphatic heterocycles. The van der Waals surface area contributed by atoms with Crippen molar-refractivity contribution in [3.05, 3.63) is 223 Å². The van der Waals surface area contributed by atoms with Crippen molar-refractivity contribution in [3.8, 4) is 72.7 Å². The van der Waals surface area contributed by atoms with Crippen molar-refractivity contribution in [1.29, 1.82) is 0 Å². The summed E-state index contributed by atoms with van der Waals surface area (Å²) >= 11 is 35.4. The van der Waals surface area contributed by atoms with E-state index >= 15 is 0 Å². The first kappa shape index (κ1) is 68.3. The number of fused-ring (bicyclic) bond motifs is 10. The van der Waals surface area contributed by atoms with Crippen LogP contribution in [0.5, 0.6) is 5.75 Å². The van der Waals surface area contributed by atoms with Gasteiger partial charge in [0.15, 0.2) is 5.76 Å². The normalized spacial score (nSPS) is 12.8. The number of nitrogens with zero attached hydrogens (tertiary/aromatic N) is 3. The van der Waals surface area contributed by atoms with Gasteiger partial charge in [0, 0.05) is 73.5 Å². The maximum absolute atomic E-state index is 14.1. The van der Waals surface area contributed by atoms with Gasteiger partial charge in [-0.1, -0.05) is 101 Å². The number of aliphatic hydroxyl groups excluding tert-OH is 1. The van der Waals surface area contributed by atoms with Crippen molar-refractivity contribution in [3.63, 3.8) is 0 Å². The van der Waals surface area contributed by atoms with E-state index in [1.807, 2.05) is 90.4 Å². The largest absolute Gasteiger partial charge is 1.00 e. The van der Waals surface area contributed by atoms with E-state index in [-0.39, 0.29) is 124 Å². The SMILES string of the molecule is O=c1c(I)cc2c(-c3c(Cl)c(Cl)c(Cl)c(Cl)c3C(O)=Nc3ccc(-c4c5nc(c(-c6ccc(C(F)(F)F)cc6)c6ccc([nH]6)c(-c6ccc(C(F)(F)F)cc6)c6nc(c(-c7ccc(C(F)(F)F)cc7)c7ccc4[nH]7)C=C6)C=C5)cc3)c3cc(I)c([O-])c(I)c3oc-2c1I.[Na+]. The van der Waals surface area contributed by atoms with Crippen LogP contribution in [0.4, 0.5) is 45.2 Å². The molecule has 0 saturated carbocycles. The van der Waals surface area contributed by atoms with Gasteiger partial charge in [-0.25, -0.2) is 15.0 Å². The maximum Gasteiger partial charge on any atom is 1.00 e. The first-order valence-corrected chi connectivity index (χ1v) is 32.8. The van der Waals surface area contributed by atoms with Crippen LogP contribution in [-0.4, -0.2) is 30.9 Å². The minimum Gasteiger partial charge on any atom is -0.871 e. The predicted octanol–water partition coefficient (Wildman–Crippen LogP) is 20.0. The van der Waals surface area contributed by atoms with Crippen LogP contribution in [0, 0.1) is 14.3 Å². The summed E-state index contributed by atoms with van der Waals surface area (Å²) in [6.07, 6.45) is -7.47. The number of H-pyrrole nitrogens is 2. The van der Waals surface area contributed by atoms with Crippen LogP contribution in [0.15, 0.2) is 148 Å². The summed E-state index contributed by atoms with van der Waals surface area (Å²) < 4.78 is 134. The van der Waals surface area contributed by atoms with E-state index < -0.39 is 41.1 Å². The zero-order valence-electron chi connectivity index (χ0n) is 47.0. The number of nitrogens with one attached hydrogen (secondary N) is 2. The molecule has 13 rings (SSSR count). The molecule has 6 aromatic carbocycles. The molecule has 1 aliphatic carbocycles. The third-order valence-corrected chi connectivity index (χ3v) is 20.8. The molecule has 4 aliphatic rings. The molecule has 94 heavy (non-hydrogen) atoms. The van der Waals surface area contributed by atoms with Crippen LogP contribution < -0.4 is 40.1 Å². The summed E-state index contributed by atoms with van der Waals surface area (Å²) in [5, 5.41) is 25.3. The molecule has 0 spiro atoms. The fraction of sp³-hybridized carbons (Fsp3) is 0.0448. The molecule has 8 bridgehead atoms. The summed E-state index contributed by atoms with van der Waals surface area (Å²) in [5.41, 5.74) is 2.75. The fourth-order valence-electron chi connectivity index (χ4n) is 11.1. The first-order valence-electron chi connectivity index (χ1n) is 26.9. The van der Waals surface area contributed by atoms with E-state index in [4.69, 9.17) is 60.8 Å². The van der Waals surface area contributed by atoms with Gasteiger partial charge in [0.25, 0.3) is 0 Å². The van der Waals surface area contributed by atoms with Crippen molar-refractivity contribution in [1.82, 2.24) is 19.9 Å². The summed E-state index contributed by atoms with van der Waals surface area (Å²) in [6, 6.07) is 29.6. The molecular weight excluding hydrogens is 1780 g/mol. The Bertz CT molecular complexity index is 5260. The minimum atomic E-state index is -4.68. The van der Waals surface area contributed by atoms with E-state index in [1.54, 1.807) is 85.0 Å². The molecule has 0 amide bonds. The van der Waals surface area contributed by atoms with Gasteiger partial charge in [0.2, 0.25) is 11.3 Å². The van der Waals surface area contributed by atoms with Gasteiger partial charge >= 0.3 is 48.1 Å². The van der Waals surface area contributed by atoms with E-state index in [2.05, 4.69) is 15.0 Å². The molecule has 0 radical (unpaired) electrons. The van der Waals surface area contributed by atoms with Crippen LogP contribution in [-0.2, 0) is 18.5 Å². The Labute approximate surface area is 621 Å². The molecule has 0 saturated heterocycles. The second kappa shape index (κ2) is 26.0. The zero-order chi connectivity index (χ0) is 66.1. The Morgan fingerprint density at radius 3 is 1.24 bits per heavy atom. The summed E-state index contributed by atoms with van der Waals surface area (Å²) in [6.45, 7) is 0. The van der Waals surface area contributed by atoms with Crippen LogP contribution >= 0.6 is 137 Å². The monoisotopic (exact) mass is 1810 g/mol. The zero-order valence-corrected chi connectivity index (χ0v) is 60.6. The third-order valence-electron chi connectivity index (χ3n) is 15.4. The maximum atomic E-state index is 14.1. The summed E-state index contributed by atoms with van der Waals surface area (Å²) in [4.78, 5) is 35.0. The number of hydrogen-bond donors (Lipinski definition) is 3. The number of aromatic nitrogens is 4. The van der Waals surface area contributed by atoms with E-state index in [0.29, 0.717) is 84.8 Å². The Balaban J connectivity index is 0.00000848. The predicted molar refractivity (Wildman–Crippen MR) is 379 cm³/mol. The Kier molecular flexibility index (Phi) is 18.9. The number of alkyl halides is 9. The Morgan fingerprint density at radius 2 is 0.862 bits per heavy atom. The number of hydrogen-bond acceptors (Lipinski definition) is 6. The number of aliphatic imine (C=N–C) groups is 1. The fourth-order valence-corrected chi connectivity index (χ4v) is 15.7. The topological polar surface area (TPSA) is 143 Å². The van der Waals surface area contributed by atoms with Gasteiger partial charge in [0.05, 0.1) is 74.4 Å². The molecule has 0 atom stereocenters. The van der Waals surface area contributed by atoms with Crippen molar-refractivity contribution < 1.29 is 83.7 Å². The molecule has 3 N–H and O–H groups in total. The summed E-state index contributed by atoms with van der Waals surface area (Å²) in [5.74, 6) is -0.946. The standard InChI is InChI=1S/C67H30Cl4F9I4N5O4.Na/c68-54-52(51-35-25-37(81)60(90)58(83)62(35)93-63-36(51)26-38(82)61(91)59(63)84)53(55(69)57(71)56(54)70)64(92)85-34-15-7-30(8-16-34)50-45-23-21-43(88-45)48(28-3-11-32(12-4-28)66(75,76)77)41-19-17-39(86-41)47(27-1-9-31(10-2-27)65(72,73)74)40-18-20-42(87-40)49(44-22-24-46(50)89-44)29-5-13-33(14-6-29)67(78,79)80;/h1-26,86,89-90H,(H,85,92);/q;+1/p-1. The second-order valence-corrected chi connectivity index (χ2v) is 26.9. The Hall–Kier alpha value is -5.67. The molecule has 6 heterocycles. The van der Waals surface area contributed by atoms with Crippen molar-refractivity contribution in [2.24, 2.45) is 4.99 Å².